The maximum absolute atomic E-state index is 12.7. The van der Waals surface area contributed by atoms with Crippen LogP contribution in [-0.2, 0) is 4.79 Å². The van der Waals surface area contributed by atoms with Gasteiger partial charge in [0.1, 0.15) is 16.4 Å². The second-order valence-corrected chi connectivity index (χ2v) is 6.41. The zero-order chi connectivity index (χ0) is 14.1. The molecular formula is C15H19NO3S. The summed E-state index contributed by atoms with van der Waals surface area (Å²) in [6.45, 7) is 0.758. The molecule has 108 valence electrons. The van der Waals surface area contributed by atoms with Crippen molar-refractivity contribution in [1.29, 1.82) is 0 Å². The summed E-state index contributed by atoms with van der Waals surface area (Å²) in [6, 6.07) is 1.92. The number of hydrogen-bond donors (Lipinski definition) is 0. The van der Waals surface area contributed by atoms with E-state index in [-0.39, 0.29) is 17.9 Å². The molecule has 1 aliphatic carbocycles. The first-order valence-corrected chi connectivity index (χ1v) is 8.05. The lowest BCUT2D eigenvalue weighted by atomic mass is 9.95. The number of rotatable bonds is 3. The second kappa shape index (κ2) is 5.56. The Hall–Kier alpha value is -1.36. The molecule has 0 spiro atoms. The minimum absolute atomic E-state index is 0.0269. The van der Waals surface area contributed by atoms with Gasteiger partial charge in [-0.1, -0.05) is 0 Å². The Bertz CT molecular complexity index is 525. The standard InChI is InChI=1S/C15H19NO3S/c1-19-13-7-9-20-14(13)15(18)16-8-3-5-11(16)10-4-2-6-12(10)17/h7,9-11H,2-6,8H2,1H3. The van der Waals surface area contributed by atoms with Crippen molar-refractivity contribution in [2.45, 2.75) is 38.1 Å². The minimum Gasteiger partial charge on any atom is -0.495 e. The molecule has 0 bridgehead atoms. The van der Waals surface area contributed by atoms with Crippen LogP contribution in [0.2, 0.25) is 0 Å². The van der Waals surface area contributed by atoms with E-state index in [0.29, 0.717) is 22.8 Å². The van der Waals surface area contributed by atoms with Gasteiger partial charge in [0.15, 0.2) is 0 Å². The zero-order valence-electron chi connectivity index (χ0n) is 11.6. The van der Waals surface area contributed by atoms with Crippen molar-refractivity contribution in [2.24, 2.45) is 5.92 Å². The fourth-order valence-corrected chi connectivity index (χ4v) is 4.27. The monoisotopic (exact) mass is 293 g/mol. The van der Waals surface area contributed by atoms with Gasteiger partial charge in [0.2, 0.25) is 0 Å². The van der Waals surface area contributed by atoms with Crippen LogP contribution in [0.4, 0.5) is 0 Å². The second-order valence-electron chi connectivity index (χ2n) is 5.49. The molecule has 0 N–H and O–H groups in total. The Kier molecular flexibility index (Phi) is 3.78. The fraction of sp³-hybridized carbons (Fsp3) is 0.600. The number of methoxy groups -OCH3 is 1. The van der Waals surface area contributed by atoms with Crippen LogP contribution in [0.25, 0.3) is 0 Å². The van der Waals surface area contributed by atoms with Crippen LogP contribution < -0.4 is 4.74 Å². The van der Waals surface area contributed by atoms with Gasteiger partial charge in [-0.05, 0) is 37.1 Å². The molecular weight excluding hydrogens is 274 g/mol. The van der Waals surface area contributed by atoms with E-state index in [1.54, 1.807) is 7.11 Å². The Morgan fingerprint density at radius 3 is 2.95 bits per heavy atom. The first-order valence-electron chi connectivity index (χ1n) is 7.17. The van der Waals surface area contributed by atoms with Crippen molar-refractivity contribution in [1.82, 2.24) is 4.90 Å². The summed E-state index contributed by atoms with van der Waals surface area (Å²) < 4.78 is 5.24. The predicted octanol–water partition coefficient (Wildman–Crippen LogP) is 2.73. The number of hydrogen-bond acceptors (Lipinski definition) is 4. The van der Waals surface area contributed by atoms with E-state index in [4.69, 9.17) is 4.74 Å². The third kappa shape index (κ3) is 2.24. The first kappa shape index (κ1) is 13.6. The topological polar surface area (TPSA) is 46.6 Å². The molecule has 4 nitrogen and oxygen atoms in total. The van der Waals surface area contributed by atoms with E-state index in [2.05, 4.69) is 0 Å². The quantitative estimate of drug-likeness (QED) is 0.861. The summed E-state index contributed by atoms with van der Waals surface area (Å²) in [7, 11) is 1.58. The van der Waals surface area contributed by atoms with Crippen LogP contribution in [-0.4, -0.2) is 36.3 Å². The van der Waals surface area contributed by atoms with Crippen LogP contribution in [0, 0.1) is 5.92 Å². The molecule has 2 aliphatic rings. The Morgan fingerprint density at radius 2 is 2.25 bits per heavy atom. The lowest BCUT2D eigenvalue weighted by Gasteiger charge is -2.28. The van der Waals surface area contributed by atoms with Crippen LogP contribution >= 0.6 is 11.3 Å². The van der Waals surface area contributed by atoms with Crippen LogP contribution in [0.5, 0.6) is 5.75 Å². The molecule has 1 aliphatic heterocycles. The highest BCUT2D eigenvalue weighted by Gasteiger charge is 2.40. The van der Waals surface area contributed by atoms with Gasteiger partial charge in [0.05, 0.1) is 7.11 Å². The van der Waals surface area contributed by atoms with Crippen LogP contribution in [0.15, 0.2) is 11.4 Å². The maximum atomic E-state index is 12.7. The normalized spacial score (nSPS) is 26.2. The summed E-state index contributed by atoms with van der Waals surface area (Å²) >= 11 is 1.41. The maximum Gasteiger partial charge on any atom is 0.268 e. The lowest BCUT2D eigenvalue weighted by Crippen LogP contribution is -2.41. The Balaban J connectivity index is 1.81. The lowest BCUT2D eigenvalue weighted by molar-refractivity contribution is -0.121. The van der Waals surface area contributed by atoms with Crippen molar-refractivity contribution in [3.8, 4) is 5.75 Å². The summed E-state index contributed by atoms with van der Waals surface area (Å²) in [5, 5.41) is 1.87. The van der Waals surface area contributed by atoms with Gasteiger partial charge in [-0.3, -0.25) is 9.59 Å². The molecule has 5 heteroatoms. The number of Topliss-reactive ketones (excluding diaryl/α,β-unsaturated/α-hetero) is 1. The van der Waals surface area contributed by atoms with Crippen LogP contribution in [0.1, 0.15) is 41.8 Å². The molecule has 1 aromatic rings. The third-order valence-corrected chi connectivity index (χ3v) is 5.30. The molecule has 1 amide bonds. The largest absolute Gasteiger partial charge is 0.495 e. The number of likely N-dealkylation sites (tertiary alicyclic amines) is 1. The number of nitrogens with zero attached hydrogens (tertiary/aromatic N) is 1. The van der Waals surface area contributed by atoms with Crippen molar-refractivity contribution in [3.05, 3.63) is 16.3 Å². The minimum atomic E-state index is 0.0269. The van der Waals surface area contributed by atoms with Gasteiger partial charge in [-0.2, -0.15) is 0 Å². The van der Waals surface area contributed by atoms with Crippen molar-refractivity contribution < 1.29 is 14.3 Å². The van der Waals surface area contributed by atoms with E-state index < -0.39 is 0 Å². The van der Waals surface area contributed by atoms with Gasteiger partial charge < -0.3 is 9.64 Å². The molecule has 1 aromatic heterocycles. The van der Waals surface area contributed by atoms with Crippen molar-refractivity contribution >= 4 is 23.0 Å². The number of carbonyl (C=O) groups is 2. The molecule has 2 unspecified atom stereocenters. The number of amides is 1. The van der Waals surface area contributed by atoms with Gasteiger partial charge >= 0.3 is 0 Å². The highest BCUT2D eigenvalue weighted by atomic mass is 32.1. The predicted molar refractivity (Wildman–Crippen MR) is 77.3 cm³/mol. The summed E-state index contributed by atoms with van der Waals surface area (Å²) in [5.74, 6) is 1.07. The van der Waals surface area contributed by atoms with E-state index in [1.807, 2.05) is 16.3 Å². The average molecular weight is 293 g/mol. The van der Waals surface area contributed by atoms with Crippen molar-refractivity contribution in [3.63, 3.8) is 0 Å². The molecule has 20 heavy (non-hydrogen) atoms. The average Bonchev–Trinajstić information content (AvgIpc) is 3.17. The van der Waals surface area contributed by atoms with Crippen LogP contribution in [0.3, 0.4) is 0 Å². The van der Waals surface area contributed by atoms with Gasteiger partial charge in [0.25, 0.3) is 5.91 Å². The smallest absolute Gasteiger partial charge is 0.268 e. The molecule has 0 aromatic carbocycles. The third-order valence-electron chi connectivity index (χ3n) is 4.42. The van der Waals surface area contributed by atoms with E-state index in [0.717, 1.165) is 32.2 Å². The highest BCUT2D eigenvalue weighted by molar-refractivity contribution is 7.12. The zero-order valence-corrected chi connectivity index (χ0v) is 12.4. The van der Waals surface area contributed by atoms with E-state index in [1.165, 1.54) is 11.3 Å². The number of ether oxygens (including phenoxy) is 1. The number of thiophene rings is 1. The summed E-state index contributed by atoms with van der Waals surface area (Å²) in [4.78, 5) is 27.2. The van der Waals surface area contributed by atoms with Gasteiger partial charge in [-0.15, -0.1) is 11.3 Å². The molecule has 1 saturated heterocycles. The molecule has 1 saturated carbocycles. The molecule has 2 atom stereocenters. The SMILES string of the molecule is COc1ccsc1C(=O)N1CCCC1C1CCCC1=O. The fourth-order valence-electron chi connectivity index (χ4n) is 3.46. The first-order chi connectivity index (χ1) is 9.72. The summed E-state index contributed by atoms with van der Waals surface area (Å²) in [5.41, 5.74) is 0. The van der Waals surface area contributed by atoms with Crippen molar-refractivity contribution in [2.75, 3.05) is 13.7 Å². The van der Waals surface area contributed by atoms with E-state index >= 15 is 0 Å². The summed E-state index contributed by atoms with van der Waals surface area (Å²) in [6.07, 6.45) is 4.55. The highest BCUT2D eigenvalue weighted by Crippen LogP contribution is 2.36. The number of ketones is 1. The van der Waals surface area contributed by atoms with Gasteiger partial charge in [0, 0.05) is 24.9 Å². The van der Waals surface area contributed by atoms with Gasteiger partial charge in [-0.25, -0.2) is 0 Å². The molecule has 3 rings (SSSR count). The Labute approximate surface area is 122 Å². The number of carbonyl (C=O) groups excluding carboxylic acids is 2. The molecule has 2 heterocycles. The van der Waals surface area contributed by atoms with E-state index in [9.17, 15) is 9.59 Å². The molecule has 2 fully saturated rings. The Morgan fingerprint density at radius 1 is 1.40 bits per heavy atom. The molecule has 0 radical (unpaired) electrons.